The maximum Gasteiger partial charge on any atom is 0.253 e. The van der Waals surface area contributed by atoms with Crippen LogP contribution in [-0.4, -0.2) is 51.5 Å². The second-order valence-electron chi connectivity index (χ2n) is 8.15. The fourth-order valence-corrected chi connectivity index (χ4v) is 4.00. The van der Waals surface area contributed by atoms with Crippen molar-refractivity contribution in [2.24, 2.45) is 0 Å². The highest BCUT2D eigenvalue weighted by Gasteiger charge is 2.20. The largest absolute Gasteiger partial charge is 0.350 e. The Bertz CT molecular complexity index is 1080. The number of carbonyl (C=O) groups is 1. The average molecular weight is 439 g/mol. The molecule has 0 saturated carbocycles. The topological polar surface area (TPSA) is 75.1 Å². The van der Waals surface area contributed by atoms with Crippen molar-refractivity contribution in [3.8, 4) is 5.82 Å². The van der Waals surface area contributed by atoms with Gasteiger partial charge in [-0.15, -0.1) is 0 Å². The molecule has 1 aromatic carbocycles. The predicted molar refractivity (Wildman–Crippen MR) is 123 cm³/mol. The maximum atomic E-state index is 12.8. The van der Waals surface area contributed by atoms with E-state index < -0.39 is 0 Å². The van der Waals surface area contributed by atoms with E-state index in [-0.39, 0.29) is 11.9 Å². The Balaban J connectivity index is 1.47. The van der Waals surface area contributed by atoms with Gasteiger partial charge in [-0.1, -0.05) is 23.7 Å². The summed E-state index contributed by atoms with van der Waals surface area (Å²) in [6.07, 6.45) is 6.52. The highest BCUT2D eigenvalue weighted by atomic mass is 35.5. The number of carbonyl (C=O) groups excluding carboxylic acids is 1. The van der Waals surface area contributed by atoms with Gasteiger partial charge in [-0.05, 0) is 57.6 Å². The molecule has 3 aromatic rings. The number of nitrogens with zero attached hydrogens (tertiary/aromatic N) is 4. The minimum atomic E-state index is -0.157. The van der Waals surface area contributed by atoms with E-state index in [2.05, 4.69) is 27.6 Å². The van der Waals surface area contributed by atoms with Gasteiger partial charge in [-0.2, -0.15) is 4.98 Å². The summed E-state index contributed by atoms with van der Waals surface area (Å²) in [5.74, 6) is 1.21. The fraction of sp³-hybridized carbons (Fsp3) is 0.348. The van der Waals surface area contributed by atoms with Crippen LogP contribution in [0.15, 0.2) is 48.9 Å². The van der Waals surface area contributed by atoms with Crippen LogP contribution in [0.4, 0.5) is 5.95 Å². The number of nitrogens with one attached hydrogen (secondary N) is 2. The summed E-state index contributed by atoms with van der Waals surface area (Å²) in [6.45, 7) is 5.95. The van der Waals surface area contributed by atoms with Crippen LogP contribution in [0, 0.1) is 6.92 Å². The minimum Gasteiger partial charge on any atom is -0.350 e. The van der Waals surface area contributed by atoms with Gasteiger partial charge >= 0.3 is 0 Å². The number of anilines is 1. The lowest BCUT2D eigenvalue weighted by Crippen LogP contribution is -2.26. The maximum absolute atomic E-state index is 12.8. The van der Waals surface area contributed by atoms with Crippen LogP contribution in [0.3, 0.4) is 0 Å². The van der Waals surface area contributed by atoms with Crippen molar-refractivity contribution in [3.05, 3.63) is 70.6 Å². The van der Waals surface area contributed by atoms with E-state index in [0.717, 1.165) is 36.5 Å². The number of benzene rings is 1. The molecule has 0 bridgehead atoms. The molecule has 7 nitrogen and oxygen atoms in total. The van der Waals surface area contributed by atoms with Crippen LogP contribution in [0.1, 0.15) is 40.9 Å². The standard InChI is InChI=1S/C23H27ClN6O/c1-15-12-25-23(27-20-8-9-29(3)14-20)28-21(15)30-10-7-18(13-30)22(31)26-16(2)17-5-4-6-19(24)11-17/h4-7,10-13,16,20H,8-9,14H2,1-3H3,(H,26,31)(H,25,27,28)/t16-,20?/m1/s1. The Morgan fingerprint density at radius 2 is 2.16 bits per heavy atom. The molecular weight excluding hydrogens is 412 g/mol. The van der Waals surface area contributed by atoms with Crippen molar-refractivity contribution in [1.29, 1.82) is 0 Å². The molecule has 0 aliphatic carbocycles. The lowest BCUT2D eigenvalue weighted by Gasteiger charge is -2.15. The Labute approximate surface area is 187 Å². The third kappa shape index (κ3) is 5.06. The van der Waals surface area contributed by atoms with E-state index in [4.69, 9.17) is 16.6 Å². The van der Waals surface area contributed by atoms with E-state index >= 15 is 0 Å². The number of likely N-dealkylation sites (N-methyl/N-ethyl adjacent to an activating group) is 1. The van der Waals surface area contributed by atoms with Gasteiger partial charge in [-0.3, -0.25) is 4.79 Å². The Hall–Kier alpha value is -2.90. The molecule has 2 N–H and O–H groups in total. The van der Waals surface area contributed by atoms with E-state index in [1.165, 1.54) is 0 Å². The Kier molecular flexibility index (Phi) is 6.25. The molecule has 4 rings (SSSR count). The van der Waals surface area contributed by atoms with Gasteiger partial charge in [0.1, 0.15) is 5.82 Å². The second-order valence-corrected chi connectivity index (χ2v) is 8.59. The zero-order valence-electron chi connectivity index (χ0n) is 18.0. The molecule has 2 aromatic heterocycles. The molecule has 0 radical (unpaired) electrons. The lowest BCUT2D eigenvalue weighted by atomic mass is 10.1. The molecule has 1 fully saturated rings. The molecule has 31 heavy (non-hydrogen) atoms. The van der Waals surface area contributed by atoms with Crippen LogP contribution in [-0.2, 0) is 0 Å². The summed E-state index contributed by atoms with van der Waals surface area (Å²) in [5, 5.41) is 7.09. The highest BCUT2D eigenvalue weighted by molar-refractivity contribution is 6.30. The van der Waals surface area contributed by atoms with Gasteiger partial charge < -0.3 is 20.1 Å². The zero-order valence-corrected chi connectivity index (χ0v) is 18.7. The van der Waals surface area contributed by atoms with Gasteiger partial charge in [0, 0.05) is 41.8 Å². The number of hydrogen-bond acceptors (Lipinski definition) is 5. The average Bonchev–Trinajstić information content (AvgIpc) is 3.39. The molecule has 1 amide bonds. The van der Waals surface area contributed by atoms with Crippen molar-refractivity contribution in [1.82, 2.24) is 24.8 Å². The first kappa shape index (κ1) is 21.3. The van der Waals surface area contributed by atoms with Gasteiger partial charge in [-0.25, -0.2) is 4.98 Å². The monoisotopic (exact) mass is 438 g/mol. The number of halogens is 1. The summed E-state index contributed by atoms with van der Waals surface area (Å²) in [5.41, 5.74) is 2.46. The number of rotatable bonds is 6. The fourth-order valence-electron chi connectivity index (χ4n) is 3.80. The zero-order chi connectivity index (χ0) is 22.0. The smallest absolute Gasteiger partial charge is 0.253 e. The minimum absolute atomic E-state index is 0.148. The van der Waals surface area contributed by atoms with Crippen molar-refractivity contribution in [2.75, 3.05) is 25.5 Å². The summed E-state index contributed by atoms with van der Waals surface area (Å²) < 4.78 is 1.86. The highest BCUT2D eigenvalue weighted by Crippen LogP contribution is 2.19. The molecular formula is C23H27ClN6O. The third-order valence-electron chi connectivity index (χ3n) is 5.57. The van der Waals surface area contributed by atoms with Crippen LogP contribution in [0.5, 0.6) is 0 Å². The normalized spacial score (nSPS) is 17.5. The van der Waals surface area contributed by atoms with Crippen LogP contribution in [0.2, 0.25) is 5.02 Å². The molecule has 1 saturated heterocycles. The van der Waals surface area contributed by atoms with Crippen molar-refractivity contribution >= 4 is 23.5 Å². The van der Waals surface area contributed by atoms with Crippen molar-refractivity contribution < 1.29 is 4.79 Å². The van der Waals surface area contributed by atoms with Crippen molar-refractivity contribution in [3.63, 3.8) is 0 Å². The molecule has 0 spiro atoms. The van der Waals surface area contributed by atoms with E-state index in [0.29, 0.717) is 22.6 Å². The number of hydrogen-bond donors (Lipinski definition) is 2. The number of likely N-dealkylation sites (tertiary alicyclic amines) is 1. The molecule has 1 aliphatic heterocycles. The summed E-state index contributed by atoms with van der Waals surface area (Å²) in [4.78, 5) is 24.2. The molecule has 1 unspecified atom stereocenters. The Morgan fingerprint density at radius 3 is 2.90 bits per heavy atom. The number of amides is 1. The Morgan fingerprint density at radius 1 is 1.32 bits per heavy atom. The summed E-state index contributed by atoms with van der Waals surface area (Å²) in [7, 11) is 2.11. The van der Waals surface area contributed by atoms with Gasteiger partial charge in [0.2, 0.25) is 5.95 Å². The predicted octanol–water partition coefficient (Wildman–Crippen LogP) is 3.84. The van der Waals surface area contributed by atoms with Crippen LogP contribution in [0.25, 0.3) is 5.82 Å². The summed E-state index contributed by atoms with van der Waals surface area (Å²) in [6, 6.07) is 9.49. The van der Waals surface area contributed by atoms with E-state index in [1.54, 1.807) is 12.3 Å². The van der Waals surface area contributed by atoms with Crippen LogP contribution >= 0.6 is 11.6 Å². The molecule has 162 valence electrons. The number of aryl methyl sites for hydroxylation is 1. The lowest BCUT2D eigenvalue weighted by molar-refractivity contribution is 0.0940. The second kappa shape index (κ2) is 9.08. The molecule has 1 aliphatic rings. The van der Waals surface area contributed by atoms with Gasteiger partial charge in [0.25, 0.3) is 5.91 Å². The molecule has 3 heterocycles. The molecule has 8 heteroatoms. The van der Waals surface area contributed by atoms with E-state index in [9.17, 15) is 4.79 Å². The van der Waals surface area contributed by atoms with Gasteiger partial charge in [0.05, 0.1) is 11.6 Å². The first-order chi connectivity index (χ1) is 14.9. The number of aromatic nitrogens is 3. The van der Waals surface area contributed by atoms with E-state index in [1.807, 2.05) is 55.1 Å². The quantitative estimate of drug-likeness (QED) is 0.611. The molecule has 2 atom stereocenters. The SMILES string of the molecule is Cc1cnc(NC2CCN(C)C2)nc1-n1ccc(C(=O)N[C@H](C)c2cccc(Cl)c2)c1. The third-order valence-corrected chi connectivity index (χ3v) is 5.80. The first-order valence-electron chi connectivity index (χ1n) is 10.4. The summed E-state index contributed by atoms with van der Waals surface area (Å²) >= 11 is 6.07. The first-order valence-corrected chi connectivity index (χ1v) is 10.8. The van der Waals surface area contributed by atoms with Gasteiger partial charge in [0.15, 0.2) is 0 Å². The van der Waals surface area contributed by atoms with Crippen LogP contribution < -0.4 is 10.6 Å². The van der Waals surface area contributed by atoms with Crippen molar-refractivity contribution in [2.45, 2.75) is 32.4 Å².